The molecule has 1 atom stereocenters. The molecule has 3 rings (SSSR count). The van der Waals surface area contributed by atoms with Crippen LogP contribution < -0.4 is 14.8 Å². The zero-order valence-corrected chi connectivity index (χ0v) is 16.2. The number of nitrogens with one attached hydrogen (secondary N) is 1. The molecule has 1 spiro atoms. The molecule has 2 amide bonds. The molecule has 1 unspecified atom stereocenters. The second kappa shape index (κ2) is 8.17. The molecule has 1 aromatic carbocycles. The predicted octanol–water partition coefficient (Wildman–Crippen LogP) is 2.45. The van der Waals surface area contributed by atoms with Crippen molar-refractivity contribution in [3.05, 3.63) is 18.2 Å². The van der Waals surface area contributed by atoms with Crippen molar-refractivity contribution < 1.29 is 23.8 Å². The molecule has 1 saturated heterocycles. The number of rotatable bonds is 6. The second-order valence-electron chi connectivity index (χ2n) is 7.42. The van der Waals surface area contributed by atoms with Crippen molar-refractivity contribution in [3.63, 3.8) is 0 Å². The monoisotopic (exact) mass is 376 g/mol. The highest BCUT2D eigenvalue weighted by Gasteiger charge is 2.44. The number of carbonyl (C=O) groups is 2. The summed E-state index contributed by atoms with van der Waals surface area (Å²) in [4.78, 5) is 26.7. The summed E-state index contributed by atoms with van der Waals surface area (Å²) in [7, 11) is 4.78. The van der Waals surface area contributed by atoms with Crippen LogP contribution in [0.4, 0.5) is 5.69 Å². The molecule has 7 nitrogen and oxygen atoms in total. The number of ether oxygens (including phenoxy) is 3. The van der Waals surface area contributed by atoms with Gasteiger partial charge in [-0.05, 0) is 32.1 Å². The van der Waals surface area contributed by atoms with Gasteiger partial charge in [-0.1, -0.05) is 0 Å². The van der Waals surface area contributed by atoms with Crippen LogP contribution in [0.25, 0.3) is 0 Å². The van der Waals surface area contributed by atoms with Crippen molar-refractivity contribution in [2.45, 2.75) is 37.7 Å². The molecule has 1 aliphatic heterocycles. The number of anilines is 1. The Kier molecular flexibility index (Phi) is 5.89. The van der Waals surface area contributed by atoms with Crippen molar-refractivity contribution in [1.29, 1.82) is 0 Å². The average Bonchev–Trinajstić information content (AvgIpc) is 2.65. The molecule has 148 valence electrons. The molecular formula is C20H28N2O5. The summed E-state index contributed by atoms with van der Waals surface area (Å²) >= 11 is 0. The van der Waals surface area contributed by atoms with Crippen molar-refractivity contribution in [2.75, 3.05) is 39.7 Å². The van der Waals surface area contributed by atoms with Gasteiger partial charge >= 0.3 is 0 Å². The first-order valence-electron chi connectivity index (χ1n) is 9.36. The van der Waals surface area contributed by atoms with Gasteiger partial charge in [0.05, 0.1) is 26.4 Å². The van der Waals surface area contributed by atoms with Gasteiger partial charge in [-0.3, -0.25) is 9.59 Å². The molecule has 1 saturated carbocycles. The van der Waals surface area contributed by atoms with Gasteiger partial charge in [-0.2, -0.15) is 0 Å². The van der Waals surface area contributed by atoms with Gasteiger partial charge in [0, 0.05) is 43.5 Å². The van der Waals surface area contributed by atoms with Gasteiger partial charge < -0.3 is 24.4 Å². The minimum Gasteiger partial charge on any atom is -0.497 e. The quantitative estimate of drug-likeness (QED) is 0.825. The van der Waals surface area contributed by atoms with E-state index in [4.69, 9.17) is 14.2 Å². The lowest BCUT2D eigenvalue weighted by atomic mass is 9.72. The third-order valence-electron chi connectivity index (χ3n) is 5.50. The first-order chi connectivity index (χ1) is 12.9. The number of hydrogen-bond acceptors (Lipinski definition) is 5. The van der Waals surface area contributed by atoms with Crippen LogP contribution in [-0.4, -0.2) is 56.7 Å². The highest BCUT2D eigenvalue weighted by Crippen LogP contribution is 2.44. The van der Waals surface area contributed by atoms with Crippen LogP contribution in [0.15, 0.2) is 18.2 Å². The average molecular weight is 376 g/mol. The summed E-state index contributed by atoms with van der Waals surface area (Å²) in [5.74, 6) is 0.868. The lowest BCUT2D eigenvalue weighted by Crippen LogP contribution is -2.49. The van der Waals surface area contributed by atoms with Gasteiger partial charge in [0.15, 0.2) is 0 Å². The summed E-state index contributed by atoms with van der Waals surface area (Å²) in [6.45, 7) is 0.628. The summed E-state index contributed by atoms with van der Waals surface area (Å²) in [5.41, 5.74) is 0.482. The van der Waals surface area contributed by atoms with Crippen LogP contribution in [-0.2, 0) is 14.3 Å². The molecule has 0 radical (unpaired) electrons. The van der Waals surface area contributed by atoms with E-state index in [2.05, 4.69) is 5.32 Å². The van der Waals surface area contributed by atoms with E-state index < -0.39 is 0 Å². The van der Waals surface area contributed by atoms with Crippen LogP contribution in [0.2, 0.25) is 0 Å². The molecule has 27 heavy (non-hydrogen) atoms. The fraction of sp³-hybridized carbons (Fsp3) is 0.600. The van der Waals surface area contributed by atoms with Gasteiger partial charge in [-0.25, -0.2) is 0 Å². The number of amides is 2. The second-order valence-corrected chi connectivity index (χ2v) is 7.42. The van der Waals surface area contributed by atoms with Gasteiger partial charge in [0.2, 0.25) is 11.8 Å². The zero-order chi connectivity index (χ0) is 19.4. The zero-order valence-electron chi connectivity index (χ0n) is 16.2. The maximum absolute atomic E-state index is 12.8. The molecule has 0 aromatic heterocycles. The third-order valence-corrected chi connectivity index (χ3v) is 5.50. The van der Waals surface area contributed by atoms with E-state index in [-0.39, 0.29) is 29.9 Å². The van der Waals surface area contributed by atoms with Gasteiger partial charge in [0.1, 0.15) is 11.5 Å². The maximum atomic E-state index is 12.8. The standard InChI is InChI=1S/C20H28N2O5/c1-22(19(24)14-5-8-27-20(12-14)6-4-7-20)13-18(23)21-15-9-16(25-2)11-17(10-15)26-3/h9-11,14H,4-8,12-13H2,1-3H3,(H,21,23). The van der Waals surface area contributed by atoms with E-state index in [1.165, 1.54) is 11.3 Å². The van der Waals surface area contributed by atoms with Crippen LogP contribution in [0.5, 0.6) is 11.5 Å². The fourth-order valence-corrected chi connectivity index (χ4v) is 3.84. The summed E-state index contributed by atoms with van der Waals surface area (Å²) in [5, 5.41) is 2.80. The van der Waals surface area contributed by atoms with E-state index in [1.807, 2.05) is 0 Å². The van der Waals surface area contributed by atoms with Gasteiger partial charge in [-0.15, -0.1) is 0 Å². The third kappa shape index (κ3) is 4.53. The maximum Gasteiger partial charge on any atom is 0.243 e. The molecule has 1 aliphatic carbocycles. The first kappa shape index (κ1) is 19.5. The summed E-state index contributed by atoms with van der Waals surface area (Å²) < 4.78 is 16.3. The molecule has 1 N–H and O–H groups in total. The normalized spacial score (nSPS) is 20.5. The molecule has 2 aliphatic rings. The smallest absolute Gasteiger partial charge is 0.243 e. The van der Waals surface area contributed by atoms with Crippen LogP contribution in [0.1, 0.15) is 32.1 Å². The Morgan fingerprint density at radius 3 is 2.44 bits per heavy atom. The Hall–Kier alpha value is -2.28. The Morgan fingerprint density at radius 1 is 1.22 bits per heavy atom. The van der Waals surface area contributed by atoms with E-state index in [1.54, 1.807) is 39.5 Å². The largest absolute Gasteiger partial charge is 0.497 e. The van der Waals surface area contributed by atoms with E-state index in [9.17, 15) is 9.59 Å². The molecular weight excluding hydrogens is 348 g/mol. The van der Waals surface area contributed by atoms with Crippen molar-refractivity contribution in [3.8, 4) is 11.5 Å². The number of carbonyl (C=O) groups excluding carboxylic acids is 2. The van der Waals surface area contributed by atoms with Crippen LogP contribution in [0.3, 0.4) is 0 Å². The summed E-state index contributed by atoms with van der Waals surface area (Å²) in [6.07, 6.45) is 4.74. The number of nitrogens with zero attached hydrogens (tertiary/aromatic N) is 1. The minimum absolute atomic E-state index is 0.00269. The Labute approximate surface area is 160 Å². The highest BCUT2D eigenvalue weighted by atomic mass is 16.5. The molecule has 0 bridgehead atoms. The van der Waals surface area contributed by atoms with Gasteiger partial charge in [0.25, 0.3) is 0 Å². The van der Waals surface area contributed by atoms with Crippen LogP contribution >= 0.6 is 0 Å². The minimum atomic E-state index is -0.258. The fourth-order valence-electron chi connectivity index (χ4n) is 3.84. The molecule has 2 fully saturated rings. The van der Waals surface area contributed by atoms with Crippen molar-refractivity contribution >= 4 is 17.5 Å². The summed E-state index contributed by atoms with van der Waals surface area (Å²) in [6, 6.07) is 5.15. The van der Waals surface area contributed by atoms with E-state index in [0.29, 0.717) is 23.8 Å². The number of likely N-dealkylation sites (N-methyl/N-ethyl adjacent to an activating group) is 1. The van der Waals surface area contributed by atoms with E-state index >= 15 is 0 Å². The Balaban J connectivity index is 1.56. The van der Waals surface area contributed by atoms with Crippen LogP contribution in [0, 0.1) is 5.92 Å². The predicted molar refractivity (Wildman–Crippen MR) is 101 cm³/mol. The van der Waals surface area contributed by atoms with Crippen molar-refractivity contribution in [1.82, 2.24) is 4.90 Å². The highest BCUT2D eigenvalue weighted by molar-refractivity contribution is 5.95. The van der Waals surface area contributed by atoms with E-state index in [0.717, 1.165) is 25.7 Å². The Morgan fingerprint density at radius 2 is 1.89 bits per heavy atom. The molecule has 1 heterocycles. The number of benzene rings is 1. The SMILES string of the molecule is COc1cc(NC(=O)CN(C)C(=O)C2CCOC3(CCC3)C2)cc(OC)c1. The van der Waals surface area contributed by atoms with Crippen molar-refractivity contribution in [2.24, 2.45) is 5.92 Å². The molecule has 7 heteroatoms. The number of methoxy groups -OCH3 is 2. The molecule has 1 aromatic rings. The number of hydrogen-bond donors (Lipinski definition) is 1. The Bertz CT molecular complexity index is 679. The lowest BCUT2D eigenvalue weighted by Gasteiger charge is -2.47. The lowest BCUT2D eigenvalue weighted by molar-refractivity contribution is -0.162. The topological polar surface area (TPSA) is 77.1 Å². The first-order valence-corrected chi connectivity index (χ1v) is 9.36.